The topological polar surface area (TPSA) is 98.4 Å². The van der Waals surface area contributed by atoms with Crippen molar-refractivity contribution in [2.45, 2.75) is 33.7 Å². The lowest BCUT2D eigenvalue weighted by molar-refractivity contribution is 0.0750. The third kappa shape index (κ3) is 2.91. The summed E-state index contributed by atoms with van der Waals surface area (Å²) in [7, 11) is 1.74. The summed E-state index contributed by atoms with van der Waals surface area (Å²) in [5.74, 6) is 1.38. The van der Waals surface area contributed by atoms with Crippen LogP contribution in [0.3, 0.4) is 0 Å². The zero-order valence-electron chi connectivity index (χ0n) is 15.1. The molecule has 1 unspecified atom stereocenters. The monoisotopic (exact) mass is 342 g/mol. The molecule has 0 aliphatic rings. The summed E-state index contributed by atoms with van der Waals surface area (Å²) in [6, 6.07) is 3.58. The van der Waals surface area contributed by atoms with E-state index in [-0.39, 0.29) is 11.9 Å². The van der Waals surface area contributed by atoms with Crippen molar-refractivity contribution in [1.29, 1.82) is 0 Å². The van der Waals surface area contributed by atoms with Gasteiger partial charge in [-0.1, -0.05) is 5.16 Å². The van der Waals surface area contributed by atoms with Gasteiger partial charge in [0.15, 0.2) is 0 Å². The van der Waals surface area contributed by atoms with E-state index in [1.165, 1.54) is 0 Å². The van der Waals surface area contributed by atoms with E-state index in [1.54, 1.807) is 24.9 Å². The molecule has 0 aliphatic carbocycles. The SMILES string of the molecule is Cc1cc(-c2cc(C(=O)N(C)C(C)CN)c3c(C)noc3n2)c(C)o1. The van der Waals surface area contributed by atoms with Gasteiger partial charge in [0.25, 0.3) is 11.6 Å². The smallest absolute Gasteiger partial charge is 0.259 e. The molecule has 1 amide bonds. The van der Waals surface area contributed by atoms with Crippen LogP contribution in [0.5, 0.6) is 0 Å². The van der Waals surface area contributed by atoms with Crippen LogP contribution in [0, 0.1) is 20.8 Å². The third-order valence-corrected chi connectivity index (χ3v) is 4.49. The fourth-order valence-electron chi connectivity index (χ4n) is 2.83. The van der Waals surface area contributed by atoms with E-state index in [0.717, 1.165) is 17.1 Å². The first-order valence-electron chi connectivity index (χ1n) is 8.15. The van der Waals surface area contributed by atoms with Gasteiger partial charge in [-0.3, -0.25) is 4.79 Å². The molecule has 0 aliphatic heterocycles. The molecule has 0 fully saturated rings. The Balaban J connectivity index is 2.21. The van der Waals surface area contributed by atoms with E-state index in [2.05, 4.69) is 10.1 Å². The van der Waals surface area contributed by atoms with Gasteiger partial charge >= 0.3 is 0 Å². The molecule has 1 atom stereocenters. The predicted molar refractivity (Wildman–Crippen MR) is 94.3 cm³/mol. The van der Waals surface area contributed by atoms with E-state index in [1.807, 2.05) is 26.8 Å². The van der Waals surface area contributed by atoms with Gasteiger partial charge < -0.3 is 19.6 Å². The number of aromatic nitrogens is 2. The first-order valence-corrected chi connectivity index (χ1v) is 8.15. The van der Waals surface area contributed by atoms with Crippen molar-refractivity contribution in [3.05, 3.63) is 34.9 Å². The molecular formula is C18H22N4O3. The van der Waals surface area contributed by atoms with Crippen molar-refractivity contribution < 1.29 is 13.7 Å². The van der Waals surface area contributed by atoms with Crippen molar-refractivity contribution in [3.8, 4) is 11.3 Å². The molecule has 0 saturated heterocycles. The number of aryl methyl sites for hydroxylation is 3. The molecule has 0 spiro atoms. The summed E-state index contributed by atoms with van der Waals surface area (Å²) in [4.78, 5) is 19.2. The number of nitrogens with two attached hydrogens (primary N) is 1. The fraction of sp³-hybridized carbons (Fsp3) is 0.389. The minimum absolute atomic E-state index is 0.0859. The van der Waals surface area contributed by atoms with Gasteiger partial charge in [-0.15, -0.1) is 0 Å². The second kappa shape index (κ2) is 6.33. The van der Waals surface area contributed by atoms with Gasteiger partial charge in [0.1, 0.15) is 11.5 Å². The molecule has 3 aromatic rings. The number of amides is 1. The molecule has 7 heteroatoms. The summed E-state index contributed by atoms with van der Waals surface area (Å²) in [5.41, 5.74) is 8.63. The largest absolute Gasteiger partial charge is 0.466 e. The molecule has 3 rings (SSSR count). The Morgan fingerprint density at radius 1 is 1.32 bits per heavy atom. The Labute approximate surface area is 145 Å². The molecule has 25 heavy (non-hydrogen) atoms. The van der Waals surface area contributed by atoms with E-state index >= 15 is 0 Å². The van der Waals surface area contributed by atoms with Crippen LogP contribution in [-0.4, -0.2) is 40.6 Å². The zero-order chi connectivity index (χ0) is 18.3. The molecule has 0 radical (unpaired) electrons. The van der Waals surface area contributed by atoms with Crippen LogP contribution >= 0.6 is 0 Å². The number of hydrogen-bond donors (Lipinski definition) is 1. The molecule has 3 heterocycles. The molecule has 3 aromatic heterocycles. The van der Waals surface area contributed by atoms with Gasteiger partial charge in [0.2, 0.25) is 0 Å². The van der Waals surface area contributed by atoms with Gasteiger partial charge in [-0.05, 0) is 39.8 Å². The van der Waals surface area contributed by atoms with Crippen LogP contribution in [0.4, 0.5) is 0 Å². The highest BCUT2D eigenvalue weighted by atomic mass is 16.5. The Morgan fingerprint density at radius 2 is 2.04 bits per heavy atom. The molecule has 2 N–H and O–H groups in total. The Bertz CT molecular complexity index is 941. The maximum absolute atomic E-state index is 13.0. The van der Waals surface area contributed by atoms with Crippen LogP contribution in [0.1, 0.15) is 34.5 Å². The van der Waals surface area contributed by atoms with Crippen molar-refractivity contribution in [3.63, 3.8) is 0 Å². The molecule has 0 bridgehead atoms. The molecule has 7 nitrogen and oxygen atoms in total. The van der Waals surface area contributed by atoms with Gasteiger partial charge in [0, 0.05) is 25.2 Å². The van der Waals surface area contributed by atoms with E-state index in [4.69, 9.17) is 14.7 Å². The molecule has 0 saturated carbocycles. The number of pyridine rings is 1. The second-order valence-electron chi connectivity index (χ2n) is 6.33. The molecule has 0 aromatic carbocycles. The van der Waals surface area contributed by atoms with Crippen molar-refractivity contribution >= 4 is 17.0 Å². The quantitative estimate of drug-likeness (QED) is 0.783. The Hall–Kier alpha value is -2.67. The lowest BCUT2D eigenvalue weighted by Crippen LogP contribution is -2.39. The standard InChI is InChI=1S/C18H22N4O3/c1-9(8-19)22(5)18(23)14-7-15(13-6-10(2)24-12(13)4)20-17-16(14)11(3)21-25-17/h6-7,9H,8,19H2,1-5H3. The summed E-state index contributed by atoms with van der Waals surface area (Å²) in [6.07, 6.45) is 0. The Kier molecular flexibility index (Phi) is 4.34. The fourth-order valence-corrected chi connectivity index (χ4v) is 2.83. The van der Waals surface area contributed by atoms with E-state index in [0.29, 0.717) is 34.6 Å². The number of rotatable bonds is 4. The highest BCUT2D eigenvalue weighted by Gasteiger charge is 2.24. The number of nitrogens with zero attached hydrogens (tertiary/aromatic N) is 3. The number of fused-ring (bicyclic) bond motifs is 1. The maximum atomic E-state index is 13.0. The van der Waals surface area contributed by atoms with E-state index in [9.17, 15) is 4.79 Å². The lowest BCUT2D eigenvalue weighted by atomic mass is 10.0. The highest BCUT2D eigenvalue weighted by molar-refractivity contribution is 6.07. The number of furan rings is 1. The minimum Gasteiger partial charge on any atom is -0.466 e. The van der Waals surface area contributed by atoms with Crippen LogP contribution in [-0.2, 0) is 0 Å². The average Bonchev–Trinajstić information content (AvgIpc) is 3.14. The summed E-state index contributed by atoms with van der Waals surface area (Å²) < 4.78 is 10.9. The normalized spacial score (nSPS) is 12.6. The van der Waals surface area contributed by atoms with Crippen molar-refractivity contribution in [2.24, 2.45) is 5.73 Å². The summed E-state index contributed by atoms with van der Waals surface area (Å²) in [5, 5.41) is 4.60. The van der Waals surface area contributed by atoms with Crippen LogP contribution < -0.4 is 5.73 Å². The maximum Gasteiger partial charge on any atom is 0.259 e. The summed E-state index contributed by atoms with van der Waals surface area (Å²) >= 11 is 0. The average molecular weight is 342 g/mol. The lowest BCUT2D eigenvalue weighted by Gasteiger charge is -2.24. The zero-order valence-corrected chi connectivity index (χ0v) is 15.1. The Morgan fingerprint density at radius 3 is 2.64 bits per heavy atom. The van der Waals surface area contributed by atoms with Gasteiger partial charge in [-0.2, -0.15) is 0 Å². The molecular weight excluding hydrogens is 320 g/mol. The number of likely N-dealkylation sites (N-methyl/N-ethyl adjacent to an activating group) is 1. The summed E-state index contributed by atoms with van der Waals surface area (Å²) in [6.45, 7) is 7.82. The van der Waals surface area contributed by atoms with E-state index < -0.39 is 0 Å². The first-order chi connectivity index (χ1) is 11.8. The predicted octanol–water partition coefficient (Wildman–Crippen LogP) is 2.83. The molecule has 132 valence electrons. The van der Waals surface area contributed by atoms with Crippen LogP contribution in [0.2, 0.25) is 0 Å². The van der Waals surface area contributed by atoms with Crippen molar-refractivity contribution in [2.75, 3.05) is 13.6 Å². The van der Waals surface area contributed by atoms with Crippen LogP contribution in [0.25, 0.3) is 22.4 Å². The number of carbonyl (C=O) groups is 1. The first kappa shape index (κ1) is 17.2. The number of hydrogen-bond acceptors (Lipinski definition) is 6. The second-order valence-corrected chi connectivity index (χ2v) is 6.33. The van der Waals surface area contributed by atoms with Gasteiger partial charge in [0.05, 0.1) is 22.3 Å². The number of carbonyl (C=O) groups excluding carboxylic acids is 1. The van der Waals surface area contributed by atoms with Gasteiger partial charge in [-0.25, -0.2) is 4.98 Å². The highest BCUT2D eigenvalue weighted by Crippen LogP contribution is 2.31. The minimum atomic E-state index is -0.143. The van der Waals surface area contributed by atoms with Crippen molar-refractivity contribution in [1.82, 2.24) is 15.0 Å². The third-order valence-electron chi connectivity index (χ3n) is 4.49. The van der Waals surface area contributed by atoms with Crippen LogP contribution in [0.15, 0.2) is 21.1 Å².